The average molecular weight is 565 g/mol. The van der Waals surface area contributed by atoms with Crippen molar-refractivity contribution in [2.24, 2.45) is 5.92 Å². The number of likely N-dealkylation sites (tertiary alicyclic amines) is 1. The van der Waals surface area contributed by atoms with Crippen LogP contribution in [-0.2, 0) is 19.6 Å². The fraction of sp³-hybridized carbons (Fsp3) is 0.370. The standard InChI is InChI=1S/C27H28N6O6S/c1-16(2)12-20(31-25(35)21-14-29-18-7-3-4-8-19(18)30-21)26(36)32-11-9-22-24(32)23(34)15-33(22)40(38,39)27(37)17-6-5-10-28-13-17/h3-8,10,13-14,16,20,22,24H,9,11-12,15H2,1-2H3,(H,31,35). The summed E-state index contributed by atoms with van der Waals surface area (Å²) in [6.07, 6.45) is 4.37. The van der Waals surface area contributed by atoms with Crippen LogP contribution in [0.5, 0.6) is 0 Å². The van der Waals surface area contributed by atoms with Gasteiger partial charge in [-0.2, -0.15) is 4.31 Å². The number of carbonyl (C=O) groups excluding carboxylic acids is 4. The van der Waals surface area contributed by atoms with Crippen LogP contribution in [0.15, 0.2) is 55.0 Å². The second-order valence-corrected chi connectivity index (χ2v) is 12.1. The van der Waals surface area contributed by atoms with Crippen LogP contribution in [0.3, 0.4) is 0 Å². The van der Waals surface area contributed by atoms with Gasteiger partial charge in [-0.25, -0.2) is 13.4 Å². The SMILES string of the molecule is CC(C)CC(NC(=O)c1cnc2ccccc2n1)C(=O)N1CCC2C1C(=O)CN2S(=O)(=O)C(=O)c1cccnc1. The van der Waals surface area contributed by atoms with Crippen molar-refractivity contribution in [2.75, 3.05) is 13.1 Å². The predicted molar refractivity (Wildman–Crippen MR) is 143 cm³/mol. The quantitative estimate of drug-likeness (QED) is 0.445. The molecule has 1 N–H and O–H groups in total. The summed E-state index contributed by atoms with van der Waals surface area (Å²) in [5.41, 5.74) is 1.09. The number of sulfonamides is 1. The zero-order valence-corrected chi connectivity index (χ0v) is 22.7. The third-order valence-corrected chi connectivity index (χ3v) is 8.81. The molecule has 40 heavy (non-hydrogen) atoms. The van der Waals surface area contributed by atoms with E-state index in [-0.39, 0.29) is 36.6 Å². The maximum Gasteiger partial charge on any atom is 0.293 e. The molecule has 13 heteroatoms. The number of amides is 2. The molecule has 1 aromatic carbocycles. The molecule has 2 aliphatic rings. The van der Waals surface area contributed by atoms with Gasteiger partial charge in [0.25, 0.3) is 21.0 Å². The molecule has 2 amide bonds. The molecule has 208 valence electrons. The number of rotatable bonds is 7. The average Bonchev–Trinajstić information content (AvgIpc) is 3.53. The van der Waals surface area contributed by atoms with Crippen molar-refractivity contribution in [1.82, 2.24) is 29.5 Å². The first-order chi connectivity index (χ1) is 19.1. The van der Waals surface area contributed by atoms with E-state index in [2.05, 4.69) is 20.3 Å². The number of aromatic nitrogens is 3. The molecule has 0 saturated carbocycles. The zero-order chi connectivity index (χ0) is 28.6. The summed E-state index contributed by atoms with van der Waals surface area (Å²) in [6, 6.07) is 6.98. The Balaban J connectivity index is 1.35. The van der Waals surface area contributed by atoms with Gasteiger partial charge < -0.3 is 10.2 Å². The number of nitrogens with one attached hydrogen (secondary N) is 1. The first-order valence-corrected chi connectivity index (χ1v) is 14.3. The van der Waals surface area contributed by atoms with E-state index in [0.29, 0.717) is 11.0 Å². The molecule has 4 heterocycles. The second-order valence-electron chi connectivity index (χ2n) is 10.3. The molecule has 0 radical (unpaired) electrons. The minimum atomic E-state index is -4.53. The van der Waals surface area contributed by atoms with Crippen LogP contribution in [0.1, 0.15) is 47.5 Å². The molecule has 0 spiro atoms. The van der Waals surface area contributed by atoms with Gasteiger partial charge in [-0.15, -0.1) is 0 Å². The molecule has 2 fully saturated rings. The number of hydrogen-bond acceptors (Lipinski definition) is 9. The number of pyridine rings is 1. The summed E-state index contributed by atoms with van der Waals surface area (Å²) < 4.78 is 27.3. The summed E-state index contributed by atoms with van der Waals surface area (Å²) in [4.78, 5) is 66.5. The van der Waals surface area contributed by atoms with E-state index in [1.807, 2.05) is 19.9 Å². The summed E-state index contributed by atoms with van der Waals surface area (Å²) in [7, 11) is -4.53. The van der Waals surface area contributed by atoms with Crippen molar-refractivity contribution in [3.05, 3.63) is 66.2 Å². The van der Waals surface area contributed by atoms with E-state index in [4.69, 9.17) is 0 Å². The molecule has 2 aliphatic heterocycles. The smallest absolute Gasteiger partial charge is 0.293 e. The van der Waals surface area contributed by atoms with Crippen molar-refractivity contribution in [2.45, 2.75) is 44.8 Å². The van der Waals surface area contributed by atoms with Crippen LogP contribution in [0, 0.1) is 5.92 Å². The second kappa shape index (κ2) is 10.8. The summed E-state index contributed by atoms with van der Waals surface area (Å²) in [5, 5.41) is 1.59. The van der Waals surface area contributed by atoms with E-state index >= 15 is 0 Å². The van der Waals surface area contributed by atoms with Crippen LogP contribution in [0.25, 0.3) is 11.0 Å². The first-order valence-electron chi connectivity index (χ1n) is 12.9. The predicted octanol–water partition coefficient (Wildman–Crippen LogP) is 1.19. The number of Topliss-reactive ketones (excluding diaryl/α,β-unsaturated/α-hetero) is 1. The van der Waals surface area contributed by atoms with Crippen molar-refractivity contribution in [3.8, 4) is 0 Å². The highest BCUT2D eigenvalue weighted by Crippen LogP contribution is 2.33. The Labute approximate surface area is 230 Å². The Bertz CT molecular complexity index is 1600. The highest BCUT2D eigenvalue weighted by Gasteiger charge is 2.55. The Morgan fingerprint density at radius 2 is 1.82 bits per heavy atom. The number of fused-ring (bicyclic) bond motifs is 2. The van der Waals surface area contributed by atoms with Crippen molar-refractivity contribution in [1.29, 1.82) is 0 Å². The highest BCUT2D eigenvalue weighted by atomic mass is 32.2. The lowest BCUT2D eigenvalue weighted by molar-refractivity contribution is -0.138. The number of ketones is 1. The highest BCUT2D eigenvalue weighted by molar-refractivity contribution is 8.04. The third kappa shape index (κ3) is 5.09. The molecule has 3 aromatic rings. The zero-order valence-electron chi connectivity index (χ0n) is 21.9. The van der Waals surface area contributed by atoms with E-state index in [1.54, 1.807) is 18.2 Å². The van der Waals surface area contributed by atoms with E-state index in [0.717, 1.165) is 10.5 Å². The number of benzene rings is 1. The summed E-state index contributed by atoms with van der Waals surface area (Å²) in [6.45, 7) is 3.39. The van der Waals surface area contributed by atoms with Crippen LogP contribution in [-0.4, -0.2) is 86.5 Å². The van der Waals surface area contributed by atoms with E-state index < -0.39 is 57.4 Å². The van der Waals surface area contributed by atoms with Gasteiger partial charge in [-0.1, -0.05) is 26.0 Å². The van der Waals surface area contributed by atoms with Crippen molar-refractivity contribution < 1.29 is 27.6 Å². The van der Waals surface area contributed by atoms with Gasteiger partial charge in [-0.05, 0) is 43.0 Å². The van der Waals surface area contributed by atoms with Gasteiger partial charge >= 0.3 is 0 Å². The third-order valence-electron chi connectivity index (χ3n) is 7.09. The lowest BCUT2D eigenvalue weighted by Gasteiger charge is -2.29. The monoisotopic (exact) mass is 564 g/mol. The molecule has 0 aliphatic carbocycles. The Kier molecular flexibility index (Phi) is 7.43. The molecular formula is C27H28N6O6S. The summed E-state index contributed by atoms with van der Waals surface area (Å²) in [5.74, 6) is -1.54. The molecule has 3 unspecified atom stereocenters. The lowest BCUT2D eigenvalue weighted by atomic mass is 10.0. The van der Waals surface area contributed by atoms with Crippen LogP contribution >= 0.6 is 0 Å². The maximum atomic E-state index is 13.7. The number of para-hydroxylation sites is 2. The molecule has 5 rings (SSSR count). The normalized spacial score (nSPS) is 20.1. The number of nitrogens with zero attached hydrogens (tertiary/aromatic N) is 5. The fourth-order valence-electron chi connectivity index (χ4n) is 5.27. The number of hydrogen-bond donors (Lipinski definition) is 1. The van der Waals surface area contributed by atoms with E-state index in [1.165, 1.54) is 29.4 Å². The van der Waals surface area contributed by atoms with Gasteiger partial charge in [0.05, 0.1) is 35.4 Å². The Hall–Kier alpha value is -4.10. The maximum absolute atomic E-state index is 13.7. The van der Waals surface area contributed by atoms with Gasteiger partial charge in [0.1, 0.15) is 17.8 Å². The molecular weight excluding hydrogens is 536 g/mol. The fourth-order valence-corrected chi connectivity index (χ4v) is 6.78. The van der Waals surface area contributed by atoms with Crippen molar-refractivity contribution >= 4 is 43.8 Å². The molecule has 3 atom stereocenters. The Morgan fingerprint density at radius 3 is 2.52 bits per heavy atom. The first kappa shape index (κ1) is 27.5. The van der Waals surface area contributed by atoms with Gasteiger partial charge in [0.2, 0.25) is 5.91 Å². The molecule has 12 nitrogen and oxygen atoms in total. The molecule has 0 bridgehead atoms. The summed E-state index contributed by atoms with van der Waals surface area (Å²) >= 11 is 0. The van der Waals surface area contributed by atoms with Crippen LogP contribution in [0.4, 0.5) is 0 Å². The van der Waals surface area contributed by atoms with Crippen LogP contribution in [0.2, 0.25) is 0 Å². The topological polar surface area (TPSA) is 160 Å². The minimum Gasteiger partial charge on any atom is -0.339 e. The van der Waals surface area contributed by atoms with Gasteiger partial charge in [0.15, 0.2) is 5.78 Å². The van der Waals surface area contributed by atoms with Gasteiger partial charge in [-0.3, -0.25) is 29.1 Å². The van der Waals surface area contributed by atoms with Gasteiger partial charge in [0, 0.05) is 18.9 Å². The number of carbonyl (C=O) groups is 4. The Morgan fingerprint density at radius 1 is 1.07 bits per heavy atom. The van der Waals surface area contributed by atoms with Crippen LogP contribution < -0.4 is 5.32 Å². The lowest BCUT2D eigenvalue weighted by Crippen LogP contribution is -2.53. The molecule has 2 aromatic heterocycles. The largest absolute Gasteiger partial charge is 0.339 e. The van der Waals surface area contributed by atoms with Crippen molar-refractivity contribution in [3.63, 3.8) is 0 Å². The minimum absolute atomic E-state index is 0.0172. The molecule has 2 saturated heterocycles. The van der Waals surface area contributed by atoms with E-state index in [9.17, 15) is 27.6 Å².